The predicted molar refractivity (Wildman–Crippen MR) is 84.5 cm³/mol. The zero-order valence-corrected chi connectivity index (χ0v) is 13.5. The standard InChI is InChI=1S/C15H18Cl2FN3/c1-3-7-19-14(11-6-5-10(18)8-12(11)16)15-13(17)9-20-21(15)4-2/h5-6,8-9,14,19H,3-4,7H2,1-2H3. The van der Waals surface area contributed by atoms with Gasteiger partial charge in [0.05, 0.1) is 23.0 Å². The molecule has 2 aromatic rings. The maximum Gasteiger partial charge on any atom is 0.124 e. The maximum absolute atomic E-state index is 13.3. The van der Waals surface area contributed by atoms with Crippen molar-refractivity contribution in [2.75, 3.05) is 6.54 Å². The summed E-state index contributed by atoms with van der Waals surface area (Å²) >= 11 is 12.5. The molecule has 1 aromatic heterocycles. The summed E-state index contributed by atoms with van der Waals surface area (Å²) in [6.45, 7) is 5.57. The van der Waals surface area contributed by atoms with Crippen LogP contribution in [0.1, 0.15) is 37.6 Å². The van der Waals surface area contributed by atoms with E-state index in [-0.39, 0.29) is 11.9 Å². The van der Waals surface area contributed by atoms with Crippen LogP contribution >= 0.6 is 23.2 Å². The SMILES string of the molecule is CCCNC(c1ccc(F)cc1Cl)c1c(Cl)cnn1CC. The zero-order valence-electron chi connectivity index (χ0n) is 12.0. The second-order valence-corrected chi connectivity index (χ2v) is 5.56. The molecule has 2 rings (SSSR count). The van der Waals surface area contributed by atoms with Crippen molar-refractivity contribution in [3.05, 3.63) is 51.5 Å². The quantitative estimate of drug-likeness (QED) is 0.849. The first kappa shape index (κ1) is 16.3. The Balaban J connectivity index is 2.49. The minimum Gasteiger partial charge on any atom is -0.305 e. The van der Waals surface area contributed by atoms with Crippen molar-refractivity contribution >= 4 is 23.2 Å². The molecule has 114 valence electrons. The van der Waals surface area contributed by atoms with Crippen LogP contribution in [0.5, 0.6) is 0 Å². The Morgan fingerprint density at radius 2 is 2.05 bits per heavy atom. The third kappa shape index (κ3) is 3.57. The van der Waals surface area contributed by atoms with E-state index < -0.39 is 0 Å². The summed E-state index contributed by atoms with van der Waals surface area (Å²) in [6, 6.07) is 4.20. The van der Waals surface area contributed by atoms with Gasteiger partial charge in [0.1, 0.15) is 5.82 Å². The lowest BCUT2D eigenvalue weighted by molar-refractivity contribution is 0.529. The van der Waals surface area contributed by atoms with Gasteiger partial charge in [0.2, 0.25) is 0 Å². The fourth-order valence-electron chi connectivity index (χ4n) is 2.29. The van der Waals surface area contributed by atoms with E-state index in [1.54, 1.807) is 12.3 Å². The van der Waals surface area contributed by atoms with Gasteiger partial charge >= 0.3 is 0 Å². The van der Waals surface area contributed by atoms with Crippen molar-refractivity contribution in [2.24, 2.45) is 0 Å². The second kappa shape index (κ2) is 7.25. The molecule has 3 nitrogen and oxygen atoms in total. The van der Waals surface area contributed by atoms with Crippen LogP contribution in [-0.2, 0) is 6.54 Å². The van der Waals surface area contributed by atoms with Gasteiger partial charge in [0, 0.05) is 11.6 Å². The highest BCUT2D eigenvalue weighted by molar-refractivity contribution is 6.32. The lowest BCUT2D eigenvalue weighted by Gasteiger charge is -2.22. The normalized spacial score (nSPS) is 12.6. The molecule has 0 saturated carbocycles. The third-order valence-corrected chi connectivity index (χ3v) is 3.90. The van der Waals surface area contributed by atoms with Gasteiger partial charge in [0.25, 0.3) is 0 Å². The first-order valence-corrected chi connectivity index (χ1v) is 7.73. The van der Waals surface area contributed by atoms with Crippen molar-refractivity contribution in [1.82, 2.24) is 15.1 Å². The van der Waals surface area contributed by atoms with Crippen molar-refractivity contribution in [2.45, 2.75) is 32.9 Å². The Morgan fingerprint density at radius 3 is 2.67 bits per heavy atom. The molecule has 6 heteroatoms. The van der Waals surface area contributed by atoms with E-state index in [1.807, 2.05) is 11.6 Å². The minimum absolute atomic E-state index is 0.215. The number of benzene rings is 1. The fraction of sp³-hybridized carbons (Fsp3) is 0.400. The molecule has 1 atom stereocenters. The Kier molecular flexibility index (Phi) is 5.62. The average molecular weight is 330 g/mol. The molecule has 0 radical (unpaired) electrons. The summed E-state index contributed by atoms with van der Waals surface area (Å²) in [5.41, 5.74) is 1.64. The number of halogens is 3. The largest absolute Gasteiger partial charge is 0.305 e. The van der Waals surface area contributed by atoms with Crippen LogP contribution in [0, 0.1) is 5.82 Å². The first-order chi connectivity index (χ1) is 10.1. The van der Waals surface area contributed by atoms with E-state index in [0.717, 1.165) is 24.2 Å². The molecule has 0 aliphatic heterocycles. The molecule has 1 heterocycles. The summed E-state index contributed by atoms with van der Waals surface area (Å²) in [5, 5.41) is 8.63. The van der Waals surface area contributed by atoms with Crippen LogP contribution in [0.2, 0.25) is 10.0 Å². The predicted octanol–water partition coefficient (Wildman–Crippen LogP) is 4.44. The van der Waals surface area contributed by atoms with Crippen LogP contribution in [-0.4, -0.2) is 16.3 Å². The topological polar surface area (TPSA) is 29.9 Å². The van der Waals surface area contributed by atoms with Gasteiger partial charge in [-0.05, 0) is 37.6 Å². The van der Waals surface area contributed by atoms with Crippen molar-refractivity contribution in [3.8, 4) is 0 Å². The fourth-order valence-corrected chi connectivity index (χ4v) is 2.82. The van der Waals surface area contributed by atoms with Crippen molar-refractivity contribution in [3.63, 3.8) is 0 Å². The molecule has 21 heavy (non-hydrogen) atoms. The van der Waals surface area contributed by atoms with Gasteiger partial charge in [-0.2, -0.15) is 5.10 Å². The molecule has 0 spiro atoms. The van der Waals surface area contributed by atoms with Gasteiger partial charge < -0.3 is 5.32 Å². The van der Waals surface area contributed by atoms with Crippen LogP contribution in [0.15, 0.2) is 24.4 Å². The summed E-state index contributed by atoms with van der Waals surface area (Å²) in [5.74, 6) is -0.354. The monoisotopic (exact) mass is 329 g/mol. The minimum atomic E-state index is -0.354. The van der Waals surface area contributed by atoms with Gasteiger partial charge in [-0.3, -0.25) is 4.68 Å². The lowest BCUT2D eigenvalue weighted by atomic mass is 10.0. The molecule has 1 N–H and O–H groups in total. The molecule has 0 amide bonds. The van der Waals surface area contributed by atoms with E-state index in [9.17, 15) is 4.39 Å². The van der Waals surface area contributed by atoms with E-state index in [2.05, 4.69) is 17.3 Å². The molecule has 0 saturated heterocycles. The van der Waals surface area contributed by atoms with Crippen LogP contribution in [0.4, 0.5) is 4.39 Å². The van der Waals surface area contributed by atoms with Gasteiger partial charge in [0.15, 0.2) is 0 Å². The Bertz CT molecular complexity index is 613. The molecule has 0 aliphatic rings. The van der Waals surface area contributed by atoms with E-state index in [0.29, 0.717) is 16.6 Å². The molecule has 1 unspecified atom stereocenters. The summed E-state index contributed by atoms with van der Waals surface area (Å²) in [4.78, 5) is 0. The van der Waals surface area contributed by atoms with E-state index in [1.165, 1.54) is 12.1 Å². The smallest absolute Gasteiger partial charge is 0.124 e. The summed E-state index contributed by atoms with van der Waals surface area (Å²) in [6.07, 6.45) is 2.59. The molecular formula is C15H18Cl2FN3. The number of nitrogens with zero attached hydrogens (tertiary/aromatic N) is 2. The number of aryl methyl sites for hydroxylation is 1. The van der Waals surface area contributed by atoms with Gasteiger partial charge in [-0.1, -0.05) is 36.2 Å². The number of hydrogen-bond acceptors (Lipinski definition) is 2. The first-order valence-electron chi connectivity index (χ1n) is 6.98. The number of hydrogen-bond donors (Lipinski definition) is 1. The molecular weight excluding hydrogens is 312 g/mol. The van der Waals surface area contributed by atoms with E-state index in [4.69, 9.17) is 23.2 Å². The second-order valence-electron chi connectivity index (χ2n) is 4.75. The Labute approximate surface area is 134 Å². The lowest BCUT2D eigenvalue weighted by Crippen LogP contribution is -2.26. The number of aromatic nitrogens is 2. The summed E-state index contributed by atoms with van der Waals surface area (Å²) in [7, 11) is 0. The molecule has 0 fully saturated rings. The van der Waals surface area contributed by atoms with Crippen LogP contribution in [0.3, 0.4) is 0 Å². The number of nitrogens with one attached hydrogen (secondary N) is 1. The molecule has 1 aromatic carbocycles. The molecule has 0 aliphatic carbocycles. The third-order valence-electron chi connectivity index (χ3n) is 3.28. The highest BCUT2D eigenvalue weighted by Gasteiger charge is 2.23. The Hall–Kier alpha value is -1.10. The average Bonchev–Trinajstić information content (AvgIpc) is 2.82. The van der Waals surface area contributed by atoms with Crippen molar-refractivity contribution in [1.29, 1.82) is 0 Å². The van der Waals surface area contributed by atoms with Gasteiger partial charge in [-0.15, -0.1) is 0 Å². The maximum atomic E-state index is 13.3. The highest BCUT2D eigenvalue weighted by Crippen LogP contribution is 2.32. The highest BCUT2D eigenvalue weighted by atomic mass is 35.5. The zero-order chi connectivity index (χ0) is 15.4. The van der Waals surface area contributed by atoms with Crippen LogP contribution in [0.25, 0.3) is 0 Å². The summed E-state index contributed by atoms with van der Waals surface area (Å²) < 4.78 is 15.1. The Morgan fingerprint density at radius 1 is 1.29 bits per heavy atom. The molecule has 0 bridgehead atoms. The van der Waals surface area contributed by atoms with Crippen LogP contribution < -0.4 is 5.32 Å². The van der Waals surface area contributed by atoms with E-state index >= 15 is 0 Å². The van der Waals surface area contributed by atoms with Crippen molar-refractivity contribution < 1.29 is 4.39 Å². The van der Waals surface area contributed by atoms with Gasteiger partial charge in [-0.25, -0.2) is 4.39 Å². The number of rotatable bonds is 6.